The van der Waals surface area contributed by atoms with E-state index in [4.69, 9.17) is 33.5 Å². The molecule has 0 amide bonds. The van der Waals surface area contributed by atoms with Crippen molar-refractivity contribution >= 4 is 0 Å². The summed E-state index contributed by atoms with van der Waals surface area (Å²) in [4.78, 5) is 0. The lowest BCUT2D eigenvalue weighted by molar-refractivity contribution is 0.441. The number of benzene rings is 6. The van der Waals surface area contributed by atoms with Crippen molar-refractivity contribution < 1.29 is 27.4 Å². The molecule has 0 N–H and O–H groups in total. The molecule has 236 valence electrons. The molecule has 0 atom stereocenters. The van der Waals surface area contributed by atoms with Gasteiger partial charge >= 0.3 is 0 Å². The Morgan fingerprint density at radius 1 is 0.388 bits per heavy atom. The van der Waals surface area contributed by atoms with E-state index in [9.17, 15) is 13.2 Å². The van der Waals surface area contributed by atoms with Crippen LogP contribution in [-0.2, 0) is 0 Å². The molecule has 0 saturated carbocycles. The third-order valence-electron chi connectivity index (χ3n) is 7.62. The topological polar surface area (TPSA) is 27.7 Å². The van der Waals surface area contributed by atoms with E-state index >= 15 is 0 Å². The Morgan fingerprint density at radius 2 is 0.653 bits per heavy atom. The summed E-state index contributed by atoms with van der Waals surface area (Å²) in [7, 11) is 0. The van der Waals surface area contributed by atoms with Crippen LogP contribution in [0.3, 0.4) is 0 Å². The van der Waals surface area contributed by atoms with Crippen LogP contribution in [-0.4, -0.2) is 0 Å². The highest BCUT2D eigenvalue weighted by molar-refractivity contribution is 5.49. The summed E-state index contributed by atoms with van der Waals surface area (Å²) in [6.45, 7) is 0. The second-order valence-electron chi connectivity index (χ2n) is 10.8. The van der Waals surface area contributed by atoms with Crippen molar-refractivity contribution in [3.63, 3.8) is 0 Å². The van der Waals surface area contributed by atoms with Crippen LogP contribution in [0.15, 0.2) is 127 Å². The Kier molecular flexibility index (Phi) is 9.39. The van der Waals surface area contributed by atoms with Gasteiger partial charge in [0.25, 0.3) is 0 Å². The van der Waals surface area contributed by atoms with Gasteiger partial charge in [-0.3, -0.25) is 0 Å². The van der Waals surface area contributed by atoms with Crippen LogP contribution in [0.2, 0.25) is 0 Å². The average molecular weight is 647 g/mol. The summed E-state index contributed by atoms with van der Waals surface area (Å²) >= 11 is 0. The van der Waals surface area contributed by atoms with E-state index in [-0.39, 0.29) is 23.2 Å². The summed E-state index contributed by atoms with van der Waals surface area (Å²) in [6, 6.07) is 34.8. The Labute approximate surface area is 282 Å². The quantitative estimate of drug-likeness (QED) is 0.116. The van der Waals surface area contributed by atoms with E-state index in [1.54, 1.807) is 54.6 Å². The van der Waals surface area contributed by atoms with Gasteiger partial charge in [0.05, 0.1) is 0 Å². The number of halogens is 3. The van der Waals surface area contributed by atoms with Crippen molar-refractivity contribution in [1.29, 1.82) is 0 Å². The smallest absolute Gasteiger partial charge is 0.166 e. The fourth-order valence-electron chi connectivity index (χ4n) is 5.16. The molecule has 0 aliphatic heterocycles. The lowest BCUT2D eigenvalue weighted by Crippen LogP contribution is -2.04. The second-order valence-corrected chi connectivity index (χ2v) is 10.8. The number of ether oxygens (including phenoxy) is 3. The average Bonchev–Trinajstić information content (AvgIpc) is 3.13. The molecule has 0 fully saturated rings. The summed E-state index contributed by atoms with van der Waals surface area (Å²) in [6.07, 6.45) is 16.1. The first-order valence-corrected chi connectivity index (χ1v) is 15.0. The number of hydrogen-bond donors (Lipinski definition) is 0. The van der Waals surface area contributed by atoms with Gasteiger partial charge in [-0.15, -0.1) is 19.3 Å². The zero-order chi connectivity index (χ0) is 34.3. The third kappa shape index (κ3) is 7.44. The van der Waals surface area contributed by atoms with E-state index in [0.717, 1.165) is 16.7 Å². The van der Waals surface area contributed by atoms with Crippen molar-refractivity contribution in [2.24, 2.45) is 0 Å². The largest absolute Gasteiger partial charge is 0.454 e. The Balaban J connectivity index is 1.29. The molecule has 6 aromatic rings. The maximum Gasteiger partial charge on any atom is 0.166 e. The van der Waals surface area contributed by atoms with Gasteiger partial charge in [-0.2, -0.15) is 0 Å². The van der Waals surface area contributed by atoms with E-state index in [0.29, 0.717) is 33.9 Å². The minimum atomic E-state index is -0.569. The van der Waals surface area contributed by atoms with Crippen molar-refractivity contribution in [3.8, 4) is 71.5 Å². The maximum atomic E-state index is 14.5. The number of hydrogen-bond acceptors (Lipinski definition) is 3. The summed E-state index contributed by atoms with van der Waals surface area (Å²) in [5.74, 6) is 6.62. The molecule has 3 nitrogen and oxygen atoms in total. The maximum absolute atomic E-state index is 14.5. The molecule has 6 rings (SSSR count). The molecular formula is C43H25F3O3. The van der Waals surface area contributed by atoms with Crippen molar-refractivity contribution in [3.05, 3.63) is 178 Å². The van der Waals surface area contributed by atoms with Gasteiger partial charge < -0.3 is 14.2 Å². The van der Waals surface area contributed by atoms with Gasteiger partial charge in [-0.25, -0.2) is 13.2 Å². The molecule has 6 heteroatoms. The third-order valence-corrected chi connectivity index (χ3v) is 7.62. The van der Waals surface area contributed by atoms with Crippen molar-refractivity contribution in [2.45, 2.75) is 5.92 Å². The van der Waals surface area contributed by atoms with E-state index < -0.39 is 17.5 Å². The predicted molar refractivity (Wildman–Crippen MR) is 183 cm³/mol. The first-order valence-electron chi connectivity index (χ1n) is 15.0. The standard InChI is InChI=1S/C43H25F3O3/c1-4-28-7-22-40(37(44)25-28)47-34-16-10-31(11-17-34)43(32-12-18-35(19-13-32)48-41-23-8-29(5-2)26-38(41)45)33-14-20-36(21-15-33)49-42-24-9-30(6-3)27-39(42)46/h1-3,7-27,43H. The fourth-order valence-corrected chi connectivity index (χ4v) is 5.16. The highest BCUT2D eigenvalue weighted by atomic mass is 19.1. The zero-order valence-electron chi connectivity index (χ0n) is 25.8. The fraction of sp³-hybridized carbons (Fsp3) is 0.0233. The molecule has 0 aliphatic carbocycles. The van der Waals surface area contributed by atoms with Crippen LogP contribution >= 0.6 is 0 Å². The van der Waals surface area contributed by atoms with Crippen LogP contribution in [0.1, 0.15) is 39.3 Å². The molecule has 49 heavy (non-hydrogen) atoms. The molecule has 0 bridgehead atoms. The molecule has 0 aromatic heterocycles. The van der Waals surface area contributed by atoms with Gasteiger partial charge in [0, 0.05) is 22.6 Å². The van der Waals surface area contributed by atoms with Crippen LogP contribution in [0.5, 0.6) is 34.5 Å². The van der Waals surface area contributed by atoms with Gasteiger partial charge in [0.15, 0.2) is 34.7 Å². The summed E-state index contributed by atoms with van der Waals surface area (Å²) in [5, 5.41) is 0. The lowest BCUT2D eigenvalue weighted by Gasteiger charge is -2.20. The normalized spacial score (nSPS) is 10.5. The minimum absolute atomic E-state index is 0.0465. The van der Waals surface area contributed by atoms with Crippen LogP contribution < -0.4 is 14.2 Å². The van der Waals surface area contributed by atoms with Gasteiger partial charge in [-0.05, 0) is 108 Å². The van der Waals surface area contributed by atoms with Gasteiger partial charge in [0.2, 0.25) is 0 Å². The molecule has 0 unspecified atom stereocenters. The molecule has 0 saturated heterocycles. The second kappa shape index (κ2) is 14.3. The van der Waals surface area contributed by atoms with Crippen LogP contribution in [0, 0.1) is 54.5 Å². The molecule has 6 aromatic carbocycles. The highest BCUT2D eigenvalue weighted by Gasteiger charge is 2.19. The van der Waals surface area contributed by atoms with E-state index in [2.05, 4.69) is 17.8 Å². The van der Waals surface area contributed by atoms with Gasteiger partial charge in [-0.1, -0.05) is 54.2 Å². The lowest BCUT2D eigenvalue weighted by atomic mass is 9.85. The Bertz CT molecular complexity index is 2000. The van der Waals surface area contributed by atoms with Crippen molar-refractivity contribution in [1.82, 2.24) is 0 Å². The summed E-state index contributed by atoms with van der Waals surface area (Å²) < 4.78 is 60.9. The van der Waals surface area contributed by atoms with E-state index in [1.807, 2.05) is 36.4 Å². The van der Waals surface area contributed by atoms with Crippen LogP contribution in [0.25, 0.3) is 0 Å². The Morgan fingerprint density at radius 3 is 0.878 bits per heavy atom. The minimum Gasteiger partial charge on any atom is -0.454 e. The number of rotatable bonds is 9. The first kappa shape index (κ1) is 32.1. The summed E-state index contributed by atoms with van der Waals surface area (Å²) in [5.41, 5.74) is 3.92. The van der Waals surface area contributed by atoms with Gasteiger partial charge in [0.1, 0.15) is 17.2 Å². The predicted octanol–water partition coefficient (Wildman–Crippen LogP) is 10.6. The van der Waals surface area contributed by atoms with Crippen LogP contribution in [0.4, 0.5) is 13.2 Å². The molecular weight excluding hydrogens is 621 g/mol. The first-order chi connectivity index (χ1) is 23.8. The van der Waals surface area contributed by atoms with Crippen molar-refractivity contribution in [2.75, 3.05) is 0 Å². The molecule has 0 spiro atoms. The SMILES string of the molecule is C#Cc1ccc(Oc2ccc(C(c3ccc(Oc4ccc(C#C)cc4F)cc3)c3ccc(Oc4ccc(C#C)cc4F)cc3)cc2)c(F)c1. The molecule has 0 radical (unpaired) electrons. The van der Waals surface area contributed by atoms with E-state index in [1.165, 1.54) is 36.4 Å². The highest BCUT2D eigenvalue weighted by Crippen LogP contribution is 2.37. The monoisotopic (exact) mass is 646 g/mol. The molecule has 0 heterocycles. The Hall–Kier alpha value is -6.81. The zero-order valence-corrected chi connectivity index (χ0v) is 25.8. The molecule has 0 aliphatic rings. The number of terminal acetylenes is 3.